The van der Waals surface area contributed by atoms with E-state index in [1.807, 2.05) is 35.2 Å². The Balaban J connectivity index is 1.23. The van der Waals surface area contributed by atoms with Crippen LogP contribution >= 0.6 is 11.6 Å². The molecule has 7 rings (SSSR count). The summed E-state index contributed by atoms with van der Waals surface area (Å²) in [5, 5.41) is 7.72. The molecule has 42 heavy (non-hydrogen) atoms. The number of piperazine rings is 1. The van der Waals surface area contributed by atoms with E-state index in [4.69, 9.17) is 26.8 Å². The minimum absolute atomic E-state index is 0.0976. The van der Waals surface area contributed by atoms with Crippen molar-refractivity contribution in [3.63, 3.8) is 0 Å². The van der Waals surface area contributed by atoms with E-state index in [-0.39, 0.29) is 23.2 Å². The molecule has 4 aromatic rings. The monoisotopic (exact) mass is 586 g/mol. The number of primary amides is 1. The summed E-state index contributed by atoms with van der Waals surface area (Å²) in [7, 11) is 2.07. The molecule has 0 bridgehead atoms. The maximum absolute atomic E-state index is 13.4. The number of ether oxygens (including phenoxy) is 2. The Morgan fingerprint density at radius 1 is 1.00 bits per heavy atom. The van der Waals surface area contributed by atoms with Gasteiger partial charge in [-0.2, -0.15) is 5.10 Å². The molecule has 3 aliphatic rings. The number of hydrogen-bond donors (Lipinski definition) is 2. The van der Waals surface area contributed by atoms with E-state index in [9.17, 15) is 9.59 Å². The normalized spacial score (nSPS) is 15.7. The van der Waals surface area contributed by atoms with Gasteiger partial charge in [-0.15, -0.1) is 0 Å². The summed E-state index contributed by atoms with van der Waals surface area (Å²) < 4.78 is 12.7. The number of hydrogen-bond acceptors (Lipinski definition) is 9. The molecule has 1 fully saturated rings. The van der Waals surface area contributed by atoms with Gasteiger partial charge in [0, 0.05) is 49.1 Å². The van der Waals surface area contributed by atoms with E-state index in [0.29, 0.717) is 41.7 Å². The van der Waals surface area contributed by atoms with Crippen LogP contribution in [-0.4, -0.2) is 76.5 Å². The molecule has 0 atom stereocenters. The lowest BCUT2D eigenvalue weighted by molar-refractivity contribution is 0.0991. The highest BCUT2D eigenvalue weighted by atomic mass is 35.5. The molecule has 3 N–H and O–H groups in total. The van der Waals surface area contributed by atoms with Gasteiger partial charge in [0.15, 0.2) is 22.9 Å². The van der Waals surface area contributed by atoms with Crippen molar-refractivity contribution >= 4 is 35.1 Å². The first kappa shape index (κ1) is 26.2. The van der Waals surface area contributed by atoms with Crippen molar-refractivity contribution < 1.29 is 19.1 Å². The van der Waals surface area contributed by atoms with Crippen molar-refractivity contribution in [3.05, 3.63) is 70.1 Å². The fourth-order valence-electron chi connectivity index (χ4n) is 5.58. The molecule has 4 heterocycles. The lowest BCUT2D eigenvalue weighted by atomic mass is 9.88. The lowest BCUT2D eigenvalue weighted by Crippen LogP contribution is -2.45. The number of nitrogens with two attached hydrogens (primary N) is 1. The van der Waals surface area contributed by atoms with Gasteiger partial charge >= 0.3 is 0 Å². The van der Waals surface area contributed by atoms with E-state index in [0.717, 1.165) is 48.6 Å². The van der Waals surface area contributed by atoms with Crippen LogP contribution in [0.5, 0.6) is 11.5 Å². The van der Waals surface area contributed by atoms with E-state index in [1.54, 1.807) is 10.7 Å². The van der Waals surface area contributed by atoms with Crippen LogP contribution in [0.3, 0.4) is 0 Å². The molecule has 1 saturated heterocycles. The number of carbonyl (C=O) groups excluding carboxylic acids is 2. The van der Waals surface area contributed by atoms with Crippen molar-refractivity contribution in [2.75, 3.05) is 50.2 Å². The molecular formula is C29H27ClN8O4. The quantitative estimate of drug-likeness (QED) is 0.361. The molecule has 1 aliphatic carbocycles. The van der Waals surface area contributed by atoms with Gasteiger partial charge in [0.2, 0.25) is 12.7 Å². The predicted octanol–water partition coefficient (Wildman–Crippen LogP) is 2.91. The predicted molar refractivity (Wildman–Crippen MR) is 156 cm³/mol. The summed E-state index contributed by atoms with van der Waals surface area (Å²) in [6.07, 6.45) is 2.75. The fraction of sp³-hybridized carbons (Fsp3) is 0.276. The number of aromatic nitrogens is 4. The van der Waals surface area contributed by atoms with E-state index >= 15 is 0 Å². The van der Waals surface area contributed by atoms with Crippen molar-refractivity contribution in [3.8, 4) is 28.4 Å². The number of aryl methyl sites for hydroxylation is 1. The van der Waals surface area contributed by atoms with Gasteiger partial charge in [-0.05, 0) is 49.7 Å². The van der Waals surface area contributed by atoms with Crippen molar-refractivity contribution in [1.29, 1.82) is 0 Å². The van der Waals surface area contributed by atoms with Crippen molar-refractivity contribution in [2.24, 2.45) is 5.73 Å². The Kier molecular flexibility index (Phi) is 6.43. The lowest BCUT2D eigenvalue weighted by Gasteiger charge is -2.32. The van der Waals surface area contributed by atoms with Crippen LogP contribution in [0.4, 0.5) is 11.6 Å². The Labute approximate surface area is 246 Å². The molecular weight excluding hydrogens is 560 g/mol. The zero-order valence-corrected chi connectivity index (χ0v) is 23.5. The van der Waals surface area contributed by atoms with Crippen LogP contribution in [0, 0.1) is 0 Å². The topological polar surface area (TPSA) is 141 Å². The number of nitrogens with one attached hydrogen (secondary N) is 1. The molecule has 0 saturated carbocycles. The number of benzene rings is 2. The van der Waals surface area contributed by atoms with E-state index in [1.165, 1.54) is 6.20 Å². The van der Waals surface area contributed by atoms with Gasteiger partial charge in [-0.1, -0.05) is 17.7 Å². The third-order valence-corrected chi connectivity index (χ3v) is 8.09. The van der Waals surface area contributed by atoms with Crippen LogP contribution in [0.2, 0.25) is 5.02 Å². The van der Waals surface area contributed by atoms with Crippen LogP contribution in [0.15, 0.2) is 42.6 Å². The SMILES string of the molecule is CN1CCN(c2ncc(Cl)c(C(=O)Nc3ccc4c(c3)-c3c(c(C(N)=O)nn3-c3ccc5c(c3)OCO5)CC4)n2)CC1. The number of fused-ring (bicyclic) bond motifs is 4. The summed E-state index contributed by atoms with van der Waals surface area (Å²) in [5.74, 6) is 0.648. The molecule has 0 unspecified atom stereocenters. The number of halogens is 1. The van der Waals surface area contributed by atoms with E-state index in [2.05, 4.69) is 32.3 Å². The van der Waals surface area contributed by atoms with Gasteiger partial charge in [-0.25, -0.2) is 14.6 Å². The fourth-order valence-corrected chi connectivity index (χ4v) is 5.76. The molecule has 0 spiro atoms. The first-order chi connectivity index (χ1) is 20.4. The molecule has 214 valence electrons. The second-order valence-corrected chi connectivity index (χ2v) is 10.9. The Bertz CT molecular complexity index is 1750. The third kappa shape index (κ3) is 4.58. The number of amides is 2. The number of anilines is 2. The molecule has 2 aliphatic heterocycles. The first-order valence-corrected chi connectivity index (χ1v) is 14.0. The maximum atomic E-state index is 13.4. The molecule has 2 aromatic heterocycles. The minimum atomic E-state index is -0.604. The second kappa shape index (κ2) is 10.3. The summed E-state index contributed by atoms with van der Waals surface area (Å²) >= 11 is 6.38. The molecule has 12 nitrogen and oxygen atoms in total. The molecule has 2 amide bonds. The Morgan fingerprint density at radius 2 is 1.81 bits per heavy atom. The Morgan fingerprint density at radius 3 is 2.62 bits per heavy atom. The summed E-state index contributed by atoms with van der Waals surface area (Å²) in [6.45, 7) is 3.42. The summed E-state index contributed by atoms with van der Waals surface area (Å²) in [4.78, 5) is 38.9. The molecule has 2 aromatic carbocycles. The number of nitrogens with zero attached hydrogens (tertiary/aromatic N) is 6. The zero-order chi connectivity index (χ0) is 29.0. The highest BCUT2D eigenvalue weighted by molar-refractivity contribution is 6.34. The van der Waals surface area contributed by atoms with Crippen LogP contribution in [0.1, 0.15) is 32.1 Å². The van der Waals surface area contributed by atoms with Crippen molar-refractivity contribution in [1.82, 2.24) is 24.6 Å². The average molecular weight is 587 g/mol. The van der Waals surface area contributed by atoms with Gasteiger partial charge < -0.3 is 30.3 Å². The number of carbonyl (C=O) groups is 2. The van der Waals surface area contributed by atoms with Gasteiger partial charge in [0.25, 0.3) is 11.8 Å². The summed E-state index contributed by atoms with van der Waals surface area (Å²) in [6, 6.07) is 11.1. The first-order valence-electron chi connectivity index (χ1n) is 13.6. The standard InChI is InChI=1S/C29H27ClN8O4/c1-36-8-10-37(11-9-36)29-32-14-21(30)25(34-29)28(40)33-17-4-2-16-3-6-19-24(27(31)39)35-38(26(19)20(16)12-17)18-5-7-22-23(13-18)42-15-41-22/h2,4-5,7,12-14H,3,6,8-11,15H2,1H3,(H2,31,39)(H,33,40). The smallest absolute Gasteiger partial charge is 0.276 e. The Hall–Kier alpha value is -4.68. The summed E-state index contributed by atoms with van der Waals surface area (Å²) in [5.41, 5.74) is 10.7. The zero-order valence-electron chi connectivity index (χ0n) is 22.8. The third-order valence-electron chi connectivity index (χ3n) is 7.82. The van der Waals surface area contributed by atoms with Gasteiger partial charge in [0.1, 0.15) is 0 Å². The largest absolute Gasteiger partial charge is 0.454 e. The number of rotatable bonds is 5. The van der Waals surface area contributed by atoms with E-state index < -0.39 is 11.8 Å². The van der Waals surface area contributed by atoms with Crippen LogP contribution in [-0.2, 0) is 12.8 Å². The minimum Gasteiger partial charge on any atom is -0.454 e. The maximum Gasteiger partial charge on any atom is 0.276 e. The highest BCUT2D eigenvalue weighted by Gasteiger charge is 2.29. The molecule has 13 heteroatoms. The molecule has 0 radical (unpaired) electrons. The number of likely N-dealkylation sites (N-methyl/N-ethyl adjacent to an activating group) is 1. The van der Waals surface area contributed by atoms with Crippen molar-refractivity contribution in [2.45, 2.75) is 12.8 Å². The van der Waals surface area contributed by atoms with Crippen LogP contribution < -0.4 is 25.4 Å². The van der Waals surface area contributed by atoms with Gasteiger partial charge in [-0.3, -0.25) is 9.59 Å². The van der Waals surface area contributed by atoms with Gasteiger partial charge in [0.05, 0.1) is 22.6 Å². The average Bonchev–Trinajstić information content (AvgIpc) is 3.62. The highest BCUT2D eigenvalue weighted by Crippen LogP contribution is 2.40. The second-order valence-electron chi connectivity index (χ2n) is 10.5. The van der Waals surface area contributed by atoms with Crippen LogP contribution in [0.25, 0.3) is 16.9 Å².